The maximum Gasteiger partial charge on any atom is 0.276 e. The average Bonchev–Trinajstić information content (AvgIpc) is 2.31. The van der Waals surface area contributed by atoms with E-state index in [4.69, 9.17) is 10.5 Å². The van der Waals surface area contributed by atoms with E-state index in [0.29, 0.717) is 0 Å². The summed E-state index contributed by atoms with van der Waals surface area (Å²) in [7, 11) is 0. The third kappa shape index (κ3) is 2.95. The summed E-state index contributed by atoms with van der Waals surface area (Å²) in [6.07, 6.45) is 3.54. The second kappa shape index (κ2) is 5.30. The van der Waals surface area contributed by atoms with Crippen LogP contribution in [-0.4, -0.2) is 17.1 Å². The summed E-state index contributed by atoms with van der Waals surface area (Å²) in [4.78, 5) is 9.98. The number of nitrogens with two attached hydrogens (primary N) is 1. The first kappa shape index (κ1) is 12.8. The second-order valence-electron chi connectivity index (χ2n) is 4.51. The Morgan fingerprint density at radius 3 is 2.72 bits per heavy atom. The third-order valence-electron chi connectivity index (χ3n) is 3.11. The van der Waals surface area contributed by atoms with Gasteiger partial charge in [-0.3, -0.25) is 10.1 Å². The molecule has 1 aliphatic carbocycles. The minimum Gasteiger partial charge on any atom is -0.488 e. The van der Waals surface area contributed by atoms with E-state index in [2.05, 4.69) is 0 Å². The normalized spacial score (nSPS) is 23.7. The van der Waals surface area contributed by atoms with E-state index in [-0.39, 0.29) is 23.6 Å². The largest absolute Gasteiger partial charge is 0.488 e. The number of hydrogen-bond acceptors (Lipinski definition) is 4. The lowest BCUT2D eigenvalue weighted by Gasteiger charge is -2.29. The Balaban J connectivity index is 2.15. The molecule has 18 heavy (non-hydrogen) atoms. The highest BCUT2D eigenvalue weighted by Gasteiger charge is 2.24. The van der Waals surface area contributed by atoms with Crippen molar-refractivity contribution in [1.29, 1.82) is 0 Å². The first-order valence-corrected chi connectivity index (χ1v) is 5.93. The van der Waals surface area contributed by atoms with Gasteiger partial charge < -0.3 is 10.5 Å². The average molecular weight is 254 g/mol. The van der Waals surface area contributed by atoms with Crippen molar-refractivity contribution in [3.8, 4) is 5.75 Å². The number of nitro benzene ring substituents is 1. The highest BCUT2D eigenvalue weighted by molar-refractivity contribution is 5.39. The Bertz CT molecular complexity index is 453. The molecule has 0 spiro atoms. The highest BCUT2D eigenvalue weighted by Crippen LogP contribution is 2.26. The molecule has 98 valence electrons. The van der Waals surface area contributed by atoms with Crippen LogP contribution >= 0.6 is 0 Å². The van der Waals surface area contributed by atoms with Gasteiger partial charge in [0, 0.05) is 12.1 Å². The van der Waals surface area contributed by atoms with Gasteiger partial charge >= 0.3 is 0 Å². The van der Waals surface area contributed by atoms with Crippen LogP contribution in [0.25, 0.3) is 0 Å². The summed E-state index contributed by atoms with van der Waals surface area (Å²) in [6.45, 7) is 0. The molecule has 0 aliphatic heterocycles. The molecule has 0 aromatic heterocycles. The fourth-order valence-corrected chi connectivity index (χ4v) is 2.17. The van der Waals surface area contributed by atoms with Crippen molar-refractivity contribution >= 4 is 5.69 Å². The zero-order valence-corrected chi connectivity index (χ0v) is 9.84. The number of ether oxygens (including phenoxy) is 1. The van der Waals surface area contributed by atoms with E-state index in [1.807, 2.05) is 0 Å². The number of nitro groups is 1. The molecule has 0 heterocycles. The lowest BCUT2D eigenvalue weighted by atomic mass is 9.93. The molecular formula is C12H15FN2O3. The molecule has 0 amide bonds. The summed E-state index contributed by atoms with van der Waals surface area (Å²) in [5.74, 6) is -0.507. The predicted molar refractivity (Wildman–Crippen MR) is 63.9 cm³/mol. The van der Waals surface area contributed by atoms with Gasteiger partial charge in [0.2, 0.25) is 0 Å². The summed E-state index contributed by atoms with van der Waals surface area (Å²) in [5, 5.41) is 10.6. The first-order chi connectivity index (χ1) is 8.56. The Morgan fingerprint density at radius 2 is 2.06 bits per heavy atom. The van der Waals surface area contributed by atoms with Crippen molar-refractivity contribution in [2.75, 3.05) is 0 Å². The van der Waals surface area contributed by atoms with E-state index < -0.39 is 10.7 Å². The Kier molecular flexibility index (Phi) is 3.76. The van der Waals surface area contributed by atoms with Gasteiger partial charge in [-0.2, -0.15) is 0 Å². The lowest BCUT2D eigenvalue weighted by Crippen LogP contribution is -2.41. The molecule has 1 aromatic rings. The monoisotopic (exact) mass is 254 g/mol. The molecule has 2 N–H and O–H groups in total. The van der Waals surface area contributed by atoms with Crippen LogP contribution in [0.2, 0.25) is 0 Å². The second-order valence-corrected chi connectivity index (χ2v) is 4.51. The highest BCUT2D eigenvalue weighted by atomic mass is 19.1. The van der Waals surface area contributed by atoms with Gasteiger partial charge in [0.25, 0.3) is 5.69 Å². The molecule has 1 aliphatic rings. The third-order valence-corrected chi connectivity index (χ3v) is 3.11. The van der Waals surface area contributed by atoms with Crippen LogP contribution in [0.1, 0.15) is 25.7 Å². The van der Waals surface area contributed by atoms with Gasteiger partial charge in [-0.1, -0.05) is 6.42 Å². The van der Waals surface area contributed by atoms with Gasteiger partial charge in [0.1, 0.15) is 17.7 Å². The number of rotatable bonds is 3. The number of nitrogens with zero attached hydrogens (tertiary/aromatic N) is 1. The molecule has 5 nitrogen and oxygen atoms in total. The van der Waals surface area contributed by atoms with Crippen molar-refractivity contribution in [1.82, 2.24) is 0 Å². The van der Waals surface area contributed by atoms with Crippen molar-refractivity contribution < 1.29 is 14.1 Å². The molecule has 6 heteroatoms. The maximum absolute atomic E-state index is 13.2. The molecule has 2 rings (SSSR count). The Labute approximate surface area is 104 Å². The minimum atomic E-state index is -0.677. The molecular weight excluding hydrogens is 239 g/mol. The van der Waals surface area contributed by atoms with E-state index in [0.717, 1.165) is 37.8 Å². The number of benzene rings is 1. The van der Waals surface area contributed by atoms with Crippen LogP contribution in [0.15, 0.2) is 18.2 Å². The zero-order chi connectivity index (χ0) is 13.1. The van der Waals surface area contributed by atoms with Crippen LogP contribution < -0.4 is 10.5 Å². The van der Waals surface area contributed by atoms with E-state index in [1.165, 1.54) is 6.07 Å². The standard InChI is InChI=1S/C12H15FN2O3/c13-8-5-9(15(16)17)7-10(6-8)18-12-4-2-1-3-11(12)14/h5-7,11-12H,1-4,14H2. The number of halogens is 1. The van der Waals surface area contributed by atoms with Crippen molar-refractivity contribution in [2.45, 2.75) is 37.8 Å². The topological polar surface area (TPSA) is 78.4 Å². The maximum atomic E-state index is 13.2. The van der Waals surface area contributed by atoms with E-state index in [9.17, 15) is 14.5 Å². The number of hydrogen-bond donors (Lipinski definition) is 1. The van der Waals surface area contributed by atoms with Crippen molar-refractivity contribution in [3.63, 3.8) is 0 Å². The Hall–Kier alpha value is -1.69. The van der Waals surface area contributed by atoms with Gasteiger partial charge in [0.05, 0.1) is 17.1 Å². The fourth-order valence-electron chi connectivity index (χ4n) is 2.17. The van der Waals surface area contributed by atoms with Gasteiger partial charge in [-0.15, -0.1) is 0 Å². The summed E-state index contributed by atoms with van der Waals surface area (Å²) in [6, 6.07) is 3.15. The molecule has 1 saturated carbocycles. The molecule has 2 unspecified atom stereocenters. The minimum absolute atomic E-state index is 0.0962. The first-order valence-electron chi connectivity index (χ1n) is 5.93. The van der Waals surface area contributed by atoms with Crippen molar-refractivity contribution in [3.05, 3.63) is 34.1 Å². The van der Waals surface area contributed by atoms with Crippen LogP contribution in [0, 0.1) is 15.9 Å². The van der Waals surface area contributed by atoms with E-state index in [1.54, 1.807) is 0 Å². The molecule has 0 saturated heterocycles. The molecule has 1 fully saturated rings. The quantitative estimate of drug-likeness (QED) is 0.663. The number of non-ortho nitro benzene ring substituents is 1. The van der Waals surface area contributed by atoms with E-state index >= 15 is 0 Å². The van der Waals surface area contributed by atoms with Crippen LogP contribution in [0.5, 0.6) is 5.75 Å². The van der Waals surface area contributed by atoms with Gasteiger partial charge in [-0.05, 0) is 19.3 Å². The van der Waals surface area contributed by atoms with Crippen molar-refractivity contribution in [2.24, 2.45) is 5.73 Å². The smallest absolute Gasteiger partial charge is 0.276 e. The zero-order valence-electron chi connectivity index (χ0n) is 9.84. The van der Waals surface area contributed by atoms with Crippen LogP contribution in [0.4, 0.5) is 10.1 Å². The fraction of sp³-hybridized carbons (Fsp3) is 0.500. The Morgan fingerprint density at radius 1 is 1.33 bits per heavy atom. The van der Waals surface area contributed by atoms with Crippen LogP contribution in [0.3, 0.4) is 0 Å². The SMILES string of the molecule is NC1CCCCC1Oc1cc(F)cc([N+](=O)[O-])c1. The molecule has 0 radical (unpaired) electrons. The predicted octanol–water partition coefficient (Wildman–Crippen LogP) is 2.38. The molecule has 1 aromatic carbocycles. The van der Waals surface area contributed by atoms with Gasteiger partial charge in [-0.25, -0.2) is 4.39 Å². The molecule has 2 atom stereocenters. The summed E-state index contributed by atoms with van der Waals surface area (Å²) < 4.78 is 18.8. The summed E-state index contributed by atoms with van der Waals surface area (Å²) >= 11 is 0. The molecule has 0 bridgehead atoms. The summed E-state index contributed by atoms with van der Waals surface area (Å²) in [5.41, 5.74) is 5.60. The lowest BCUT2D eigenvalue weighted by molar-refractivity contribution is -0.385. The van der Waals surface area contributed by atoms with Crippen LogP contribution in [-0.2, 0) is 0 Å². The van der Waals surface area contributed by atoms with Gasteiger partial charge in [0.15, 0.2) is 0 Å².